The van der Waals surface area contributed by atoms with Crippen molar-refractivity contribution in [3.63, 3.8) is 0 Å². The molecule has 1 saturated heterocycles. The number of aromatic nitrogens is 3. The largest absolute Gasteiger partial charge is 0.338 e. The third-order valence-corrected chi connectivity index (χ3v) is 4.83. The molecule has 0 N–H and O–H groups in total. The molecular weight excluding hydrogens is 319 g/mol. The number of hydrogen-bond acceptors (Lipinski definition) is 3. The van der Waals surface area contributed by atoms with Gasteiger partial charge in [-0.25, -0.2) is 9.37 Å². The van der Waals surface area contributed by atoms with Crippen molar-refractivity contribution < 1.29 is 9.18 Å². The average Bonchev–Trinajstić information content (AvgIpc) is 2.99. The molecule has 0 unspecified atom stereocenters. The number of pyridine rings is 1. The number of rotatable bonds is 2. The van der Waals surface area contributed by atoms with Crippen molar-refractivity contribution in [3.05, 3.63) is 59.7 Å². The summed E-state index contributed by atoms with van der Waals surface area (Å²) in [5.74, 6) is -0.583. The molecule has 0 saturated carbocycles. The lowest BCUT2D eigenvalue weighted by Gasteiger charge is -2.32. The van der Waals surface area contributed by atoms with E-state index in [9.17, 15) is 9.18 Å². The number of fused-ring (bicyclic) bond motifs is 1. The summed E-state index contributed by atoms with van der Waals surface area (Å²) in [4.78, 5) is 18.8. The molecule has 25 heavy (non-hydrogen) atoms. The monoisotopic (exact) mass is 338 g/mol. The van der Waals surface area contributed by atoms with Crippen LogP contribution in [0.2, 0.25) is 0 Å². The van der Waals surface area contributed by atoms with Gasteiger partial charge in [-0.2, -0.15) is 5.10 Å². The third-order valence-electron chi connectivity index (χ3n) is 4.83. The molecule has 6 heteroatoms. The molecule has 3 heterocycles. The summed E-state index contributed by atoms with van der Waals surface area (Å²) in [6.45, 7) is 1.20. The van der Waals surface area contributed by atoms with Gasteiger partial charge in [0.25, 0.3) is 5.91 Å². The number of carbonyl (C=O) groups excluding carboxylic acids is 1. The maximum Gasteiger partial charge on any atom is 0.256 e. The fourth-order valence-corrected chi connectivity index (χ4v) is 3.61. The summed E-state index contributed by atoms with van der Waals surface area (Å²) >= 11 is 0. The molecule has 0 radical (unpaired) electrons. The quantitative estimate of drug-likeness (QED) is 0.721. The number of aryl methyl sites for hydroxylation is 1. The van der Waals surface area contributed by atoms with E-state index in [1.807, 2.05) is 19.2 Å². The zero-order chi connectivity index (χ0) is 17.4. The summed E-state index contributed by atoms with van der Waals surface area (Å²) in [6, 6.07) is 10.1. The number of nitrogens with zero attached hydrogens (tertiary/aromatic N) is 4. The summed E-state index contributed by atoms with van der Waals surface area (Å²) in [5, 5.41) is 5.66. The first kappa shape index (κ1) is 15.7. The van der Waals surface area contributed by atoms with Gasteiger partial charge in [0, 0.05) is 37.6 Å². The molecule has 1 aliphatic rings. The summed E-state index contributed by atoms with van der Waals surface area (Å²) < 4.78 is 15.7. The molecular formula is C19H19FN4O. The molecule has 1 amide bonds. The van der Waals surface area contributed by atoms with E-state index in [-0.39, 0.29) is 17.4 Å². The van der Waals surface area contributed by atoms with Crippen LogP contribution in [0, 0.1) is 5.82 Å². The molecule has 5 nitrogen and oxygen atoms in total. The molecule has 0 bridgehead atoms. The highest BCUT2D eigenvalue weighted by Gasteiger charge is 2.29. The van der Waals surface area contributed by atoms with E-state index >= 15 is 0 Å². The lowest BCUT2D eigenvalue weighted by atomic mass is 9.92. The van der Waals surface area contributed by atoms with Crippen LogP contribution in [0.25, 0.3) is 11.0 Å². The Kier molecular flexibility index (Phi) is 3.95. The number of amides is 1. The van der Waals surface area contributed by atoms with Crippen molar-refractivity contribution in [2.24, 2.45) is 7.05 Å². The Bertz CT molecular complexity index is 936. The Hall–Kier alpha value is -2.76. The van der Waals surface area contributed by atoms with Crippen LogP contribution in [0.5, 0.6) is 0 Å². The van der Waals surface area contributed by atoms with Gasteiger partial charge < -0.3 is 4.90 Å². The van der Waals surface area contributed by atoms with Gasteiger partial charge in [0.15, 0.2) is 5.65 Å². The standard InChI is InChI=1S/C19H19FN4O/c1-23-18-15(8-4-10-21-18)17(22-23)13-6-5-11-24(12-13)19(25)14-7-2-3-9-16(14)20/h2-4,7-10,13H,5-6,11-12H2,1H3/t13-/m0/s1. The van der Waals surface area contributed by atoms with Gasteiger partial charge in [-0.1, -0.05) is 12.1 Å². The van der Waals surface area contributed by atoms with Gasteiger partial charge in [0.1, 0.15) is 5.82 Å². The number of likely N-dealkylation sites (tertiary alicyclic amines) is 1. The molecule has 3 aromatic rings. The van der Waals surface area contributed by atoms with Crippen LogP contribution >= 0.6 is 0 Å². The second kappa shape index (κ2) is 6.27. The van der Waals surface area contributed by atoms with Crippen molar-refractivity contribution in [3.8, 4) is 0 Å². The Balaban J connectivity index is 1.63. The first-order valence-corrected chi connectivity index (χ1v) is 8.46. The van der Waals surface area contributed by atoms with Crippen LogP contribution < -0.4 is 0 Å². The Labute approximate surface area is 145 Å². The van der Waals surface area contributed by atoms with Crippen LogP contribution in [0.4, 0.5) is 4.39 Å². The maximum absolute atomic E-state index is 14.0. The molecule has 1 aromatic carbocycles. The number of benzene rings is 1. The average molecular weight is 338 g/mol. The Morgan fingerprint density at radius 1 is 1.24 bits per heavy atom. The molecule has 128 valence electrons. The van der Waals surface area contributed by atoms with Crippen molar-refractivity contribution in [2.45, 2.75) is 18.8 Å². The third kappa shape index (κ3) is 2.77. The molecule has 0 spiro atoms. The lowest BCUT2D eigenvalue weighted by Crippen LogP contribution is -2.39. The Morgan fingerprint density at radius 2 is 2.08 bits per heavy atom. The molecule has 4 rings (SSSR count). The van der Waals surface area contributed by atoms with Gasteiger partial charge in [-0.05, 0) is 37.1 Å². The molecule has 1 aliphatic heterocycles. The summed E-state index contributed by atoms with van der Waals surface area (Å²) in [6.07, 6.45) is 3.59. The highest BCUT2D eigenvalue weighted by Crippen LogP contribution is 2.31. The van der Waals surface area contributed by atoms with Gasteiger partial charge >= 0.3 is 0 Å². The van der Waals surface area contributed by atoms with Gasteiger partial charge in [0.2, 0.25) is 0 Å². The van der Waals surface area contributed by atoms with Crippen LogP contribution in [0.3, 0.4) is 0 Å². The van der Waals surface area contributed by atoms with Crippen molar-refractivity contribution >= 4 is 16.9 Å². The van der Waals surface area contributed by atoms with Gasteiger partial charge in [-0.3, -0.25) is 9.48 Å². The summed E-state index contributed by atoms with van der Waals surface area (Å²) in [7, 11) is 1.88. The van der Waals surface area contributed by atoms with E-state index in [0.717, 1.165) is 29.6 Å². The Morgan fingerprint density at radius 3 is 2.92 bits per heavy atom. The van der Waals surface area contributed by atoms with E-state index in [0.29, 0.717) is 13.1 Å². The van der Waals surface area contributed by atoms with E-state index in [1.165, 1.54) is 6.07 Å². The minimum absolute atomic E-state index is 0.135. The van der Waals surface area contributed by atoms with Crippen LogP contribution in [0.1, 0.15) is 34.8 Å². The number of hydrogen-bond donors (Lipinski definition) is 0. The normalized spacial score (nSPS) is 17.8. The van der Waals surface area contributed by atoms with Gasteiger partial charge in [0.05, 0.1) is 11.3 Å². The maximum atomic E-state index is 14.0. The first-order chi connectivity index (χ1) is 12.1. The lowest BCUT2D eigenvalue weighted by molar-refractivity contribution is 0.0701. The second-order valence-corrected chi connectivity index (χ2v) is 6.45. The van der Waals surface area contributed by atoms with Crippen LogP contribution in [-0.4, -0.2) is 38.7 Å². The molecule has 0 aliphatic carbocycles. The van der Waals surface area contributed by atoms with Crippen molar-refractivity contribution in [2.75, 3.05) is 13.1 Å². The molecule has 1 fully saturated rings. The van der Waals surface area contributed by atoms with E-state index in [2.05, 4.69) is 10.1 Å². The predicted octanol–water partition coefficient (Wildman–Crippen LogP) is 3.13. The van der Waals surface area contributed by atoms with Crippen LogP contribution in [-0.2, 0) is 7.05 Å². The smallest absolute Gasteiger partial charge is 0.256 e. The van der Waals surface area contributed by atoms with Crippen LogP contribution in [0.15, 0.2) is 42.6 Å². The number of carbonyl (C=O) groups is 1. The highest BCUT2D eigenvalue weighted by atomic mass is 19.1. The second-order valence-electron chi connectivity index (χ2n) is 6.45. The topological polar surface area (TPSA) is 51.0 Å². The first-order valence-electron chi connectivity index (χ1n) is 8.46. The van der Waals surface area contributed by atoms with Gasteiger partial charge in [-0.15, -0.1) is 0 Å². The van der Waals surface area contributed by atoms with E-state index < -0.39 is 5.82 Å². The highest BCUT2D eigenvalue weighted by molar-refractivity contribution is 5.94. The minimum Gasteiger partial charge on any atom is -0.338 e. The van der Waals surface area contributed by atoms with E-state index in [4.69, 9.17) is 0 Å². The fourth-order valence-electron chi connectivity index (χ4n) is 3.61. The number of piperidine rings is 1. The zero-order valence-electron chi connectivity index (χ0n) is 14.0. The molecule has 2 aromatic heterocycles. The minimum atomic E-state index is -0.470. The summed E-state index contributed by atoms with van der Waals surface area (Å²) in [5.41, 5.74) is 1.95. The predicted molar refractivity (Wildman–Crippen MR) is 92.8 cm³/mol. The van der Waals surface area contributed by atoms with Crippen molar-refractivity contribution in [1.29, 1.82) is 0 Å². The van der Waals surface area contributed by atoms with E-state index in [1.54, 1.807) is 34.0 Å². The zero-order valence-corrected chi connectivity index (χ0v) is 14.0. The van der Waals surface area contributed by atoms with Crippen molar-refractivity contribution in [1.82, 2.24) is 19.7 Å². The molecule has 1 atom stereocenters. The number of halogens is 1. The fraction of sp³-hybridized carbons (Fsp3) is 0.316. The SMILES string of the molecule is Cn1nc([C@H]2CCCN(C(=O)c3ccccc3F)C2)c2cccnc21.